The maximum Gasteiger partial charge on any atom is 0.258 e. The first-order chi connectivity index (χ1) is 14.6. The van der Waals surface area contributed by atoms with Gasteiger partial charge in [-0.15, -0.1) is 0 Å². The molecule has 1 unspecified atom stereocenters. The van der Waals surface area contributed by atoms with Crippen LogP contribution in [0.4, 0.5) is 0 Å². The first-order valence-corrected chi connectivity index (χ1v) is 10.8. The fraction of sp³-hybridized carbons (Fsp3) is 0.636. The number of nitrogens with one attached hydrogen (secondary N) is 3. The highest BCUT2D eigenvalue weighted by molar-refractivity contribution is 5.79. The summed E-state index contributed by atoms with van der Waals surface area (Å²) in [6, 6.07) is 8.17. The highest BCUT2D eigenvalue weighted by Gasteiger charge is 2.34. The second kappa shape index (κ2) is 11.2. The van der Waals surface area contributed by atoms with Crippen molar-refractivity contribution >= 4 is 11.9 Å². The van der Waals surface area contributed by atoms with Crippen molar-refractivity contribution in [2.24, 2.45) is 10.4 Å². The summed E-state index contributed by atoms with van der Waals surface area (Å²) in [5, 5.41) is 18.9. The zero-order valence-electron chi connectivity index (χ0n) is 17.8. The number of aliphatic hydroxyl groups is 1. The molecule has 1 saturated heterocycles. The average molecular weight is 419 g/mol. The summed E-state index contributed by atoms with van der Waals surface area (Å²) in [4.78, 5) is 16.0. The zero-order chi connectivity index (χ0) is 21.2. The van der Waals surface area contributed by atoms with E-state index in [0.29, 0.717) is 18.4 Å². The Balaban J connectivity index is 1.35. The van der Waals surface area contributed by atoms with Crippen LogP contribution in [0.1, 0.15) is 31.2 Å². The quantitative estimate of drug-likeness (QED) is 0.314. The molecule has 2 fully saturated rings. The van der Waals surface area contributed by atoms with E-state index in [1.54, 1.807) is 7.05 Å². The van der Waals surface area contributed by atoms with E-state index >= 15 is 0 Å². The van der Waals surface area contributed by atoms with Crippen LogP contribution in [-0.2, 0) is 16.0 Å². The molecule has 1 aromatic carbocycles. The third kappa shape index (κ3) is 7.18. The summed E-state index contributed by atoms with van der Waals surface area (Å²) in [5.41, 5.74) is 1.16. The molecule has 0 spiro atoms. The lowest BCUT2D eigenvalue weighted by molar-refractivity contribution is -0.123. The number of aliphatic hydroxyl groups excluding tert-OH is 1. The van der Waals surface area contributed by atoms with Crippen LogP contribution in [0, 0.1) is 5.41 Å². The SMILES string of the molecule is CN=C(NCCc1ccc(OCC(=O)NC2CC2)cc1)NCC1(CCO)CCOC1. The van der Waals surface area contributed by atoms with E-state index in [0.717, 1.165) is 57.8 Å². The van der Waals surface area contributed by atoms with E-state index in [1.807, 2.05) is 24.3 Å². The van der Waals surface area contributed by atoms with Crippen LogP contribution >= 0.6 is 0 Å². The van der Waals surface area contributed by atoms with E-state index in [-0.39, 0.29) is 24.5 Å². The summed E-state index contributed by atoms with van der Waals surface area (Å²) < 4.78 is 11.1. The van der Waals surface area contributed by atoms with Gasteiger partial charge in [-0.3, -0.25) is 9.79 Å². The molecule has 8 nitrogen and oxygen atoms in total. The molecule has 1 heterocycles. The minimum Gasteiger partial charge on any atom is -0.484 e. The Bertz CT molecular complexity index is 698. The second-order valence-corrected chi connectivity index (χ2v) is 8.15. The minimum absolute atomic E-state index is 0.0161. The largest absolute Gasteiger partial charge is 0.484 e. The van der Waals surface area contributed by atoms with Gasteiger partial charge in [0.05, 0.1) is 6.61 Å². The topological polar surface area (TPSA) is 104 Å². The van der Waals surface area contributed by atoms with Crippen molar-refractivity contribution in [3.8, 4) is 5.75 Å². The molecule has 0 radical (unpaired) electrons. The minimum atomic E-state index is -0.0606. The Labute approximate surface area is 178 Å². The van der Waals surface area contributed by atoms with Gasteiger partial charge in [-0.2, -0.15) is 0 Å². The van der Waals surface area contributed by atoms with E-state index in [4.69, 9.17) is 9.47 Å². The maximum atomic E-state index is 11.7. The second-order valence-electron chi connectivity index (χ2n) is 8.15. The lowest BCUT2D eigenvalue weighted by atomic mass is 9.84. The smallest absolute Gasteiger partial charge is 0.258 e. The van der Waals surface area contributed by atoms with Crippen molar-refractivity contribution in [1.29, 1.82) is 0 Å². The molecule has 1 aliphatic carbocycles. The molecule has 1 saturated carbocycles. The number of hydrogen-bond donors (Lipinski definition) is 4. The molecule has 1 aliphatic heterocycles. The molecule has 8 heteroatoms. The summed E-state index contributed by atoms with van der Waals surface area (Å²) in [7, 11) is 1.75. The molecular formula is C22H34N4O4. The molecule has 0 aromatic heterocycles. The number of benzene rings is 1. The standard InChI is InChI=1S/C22H34N4O4/c1-23-21(25-15-22(9-12-27)10-13-29-16-22)24-11-8-17-2-6-19(7-3-17)30-14-20(28)26-18-4-5-18/h2-3,6-7,18,27H,4-5,8-16H2,1H3,(H,26,28)(H2,23,24,25). The molecule has 166 valence electrons. The summed E-state index contributed by atoms with van der Waals surface area (Å²) in [5.74, 6) is 1.39. The van der Waals surface area contributed by atoms with Crippen LogP contribution in [0.2, 0.25) is 0 Å². The molecule has 0 bridgehead atoms. The first-order valence-electron chi connectivity index (χ1n) is 10.8. The van der Waals surface area contributed by atoms with Gasteiger partial charge in [-0.25, -0.2) is 0 Å². The molecule has 30 heavy (non-hydrogen) atoms. The number of rotatable bonds is 11. The molecule has 4 N–H and O–H groups in total. The van der Waals surface area contributed by atoms with Gasteiger partial charge in [0.25, 0.3) is 5.91 Å². The van der Waals surface area contributed by atoms with Crippen molar-refractivity contribution in [2.75, 3.05) is 46.6 Å². The number of carbonyl (C=O) groups excluding carboxylic acids is 1. The molecule has 2 aliphatic rings. The number of guanidine groups is 1. The van der Waals surface area contributed by atoms with Crippen molar-refractivity contribution in [2.45, 2.75) is 38.1 Å². The summed E-state index contributed by atoms with van der Waals surface area (Å²) in [6.45, 7) is 3.12. The Morgan fingerprint density at radius 2 is 2.10 bits per heavy atom. The van der Waals surface area contributed by atoms with E-state index in [2.05, 4.69) is 20.9 Å². The highest BCUT2D eigenvalue weighted by atomic mass is 16.5. The van der Waals surface area contributed by atoms with Crippen molar-refractivity contribution in [3.05, 3.63) is 29.8 Å². The predicted octanol–water partition coefficient (Wildman–Crippen LogP) is 0.841. The van der Waals surface area contributed by atoms with Crippen molar-refractivity contribution in [1.82, 2.24) is 16.0 Å². The Hall–Kier alpha value is -2.32. The van der Waals surface area contributed by atoms with Gasteiger partial charge in [0, 0.05) is 44.8 Å². The fourth-order valence-electron chi connectivity index (χ4n) is 3.53. The molecule has 1 amide bonds. The number of carbonyl (C=O) groups is 1. The van der Waals surface area contributed by atoms with Gasteiger partial charge in [0.2, 0.25) is 0 Å². The predicted molar refractivity (Wildman–Crippen MR) is 116 cm³/mol. The van der Waals surface area contributed by atoms with Crippen LogP contribution in [0.25, 0.3) is 0 Å². The van der Waals surface area contributed by atoms with Gasteiger partial charge in [-0.1, -0.05) is 12.1 Å². The van der Waals surface area contributed by atoms with Gasteiger partial charge < -0.3 is 30.5 Å². The Morgan fingerprint density at radius 3 is 2.73 bits per heavy atom. The highest BCUT2D eigenvalue weighted by Crippen LogP contribution is 2.31. The summed E-state index contributed by atoms with van der Waals surface area (Å²) in [6.07, 6.45) is 4.68. The van der Waals surface area contributed by atoms with Crippen molar-refractivity contribution in [3.63, 3.8) is 0 Å². The zero-order valence-corrected chi connectivity index (χ0v) is 17.8. The van der Waals surface area contributed by atoms with Gasteiger partial charge in [-0.05, 0) is 49.8 Å². The number of nitrogens with zero attached hydrogens (tertiary/aromatic N) is 1. The number of aliphatic imine (C=N–C) groups is 1. The third-order valence-electron chi connectivity index (χ3n) is 5.62. The van der Waals surface area contributed by atoms with Crippen LogP contribution in [0.3, 0.4) is 0 Å². The average Bonchev–Trinajstić information content (AvgIpc) is 3.45. The van der Waals surface area contributed by atoms with Gasteiger partial charge >= 0.3 is 0 Å². The van der Waals surface area contributed by atoms with Crippen LogP contribution in [0.15, 0.2) is 29.3 Å². The molecular weight excluding hydrogens is 384 g/mol. The van der Waals surface area contributed by atoms with Crippen LogP contribution in [0.5, 0.6) is 5.75 Å². The number of amides is 1. The van der Waals surface area contributed by atoms with E-state index in [9.17, 15) is 9.90 Å². The van der Waals surface area contributed by atoms with E-state index in [1.165, 1.54) is 5.56 Å². The normalized spacial score (nSPS) is 21.3. The molecule has 1 aromatic rings. The third-order valence-corrected chi connectivity index (χ3v) is 5.62. The first kappa shape index (κ1) is 22.4. The Kier molecular flexibility index (Phi) is 8.33. The monoisotopic (exact) mass is 418 g/mol. The Morgan fingerprint density at radius 1 is 1.30 bits per heavy atom. The van der Waals surface area contributed by atoms with Crippen LogP contribution < -0.4 is 20.7 Å². The van der Waals surface area contributed by atoms with Crippen LogP contribution in [-0.4, -0.2) is 69.6 Å². The van der Waals surface area contributed by atoms with E-state index < -0.39 is 0 Å². The summed E-state index contributed by atoms with van der Waals surface area (Å²) >= 11 is 0. The fourth-order valence-corrected chi connectivity index (χ4v) is 3.53. The lowest BCUT2D eigenvalue weighted by Gasteiger charge is -2.27. The molecule has 3 rings (SSSR count). The maximum absolute atomic E-state index is 11.7. The number of hydrogen-bond acceptors (Lipinski definition) is 5. The number of ether oxygens (including phenoxy) is 2. The molecule has 1 atom stereocenters. The van der Waals surface area contributed by atoms with Gasteiger partial charge in [0.15, 0.2) is 12.6 Å². The van der Waals surface area contributed by atoms with Crippen molar-refractivity contribution < 1.29 is 19.4 Å². The van der Waals surface area contributed by atoms with Gasteiger partial charge in [0.1, 0.15) is 5.75 Å². The lowest BCUT2D eigenvalue weighted by Crippen LogP contribution is -2.45.